The average molecular weight is 362 g/mol. The molecule has 2 bridgehead atoms. The number of Topliss-reactive ketones (excluding diaryl/α,β-unsaturated/α-hetero) is 1. The van der Waals surface area contributed by atoms with Crippen molar-refractivity contribution in [3.8, 4) is 0 Å². The van der Waals surface area contributed by atoms with E-state index in [-0.39, 0.29) is 42.0 Å². The standard InChI is InChI=1S/C20H26O6/c1-12-7-16(22)20-11-25-17-19(12,8-14(26-17)13-4-6-24-9-13)15(20)3-2-5-18(20,23)10-21/h4,6,9,12,14-15,17,21,23H,2-3,5,7-8,10-11H2,1H3/t12-,14+,15-,17-,18+,19-,20+/m1/s1. The van der Waals surface area contributed by atoms with Gasteiger partial charge < -0.3 is 24.1 Å². The number of carbonyl (C=O) groups is 1. The van der Waals surface area contributed by atoms with Crippen molar-refractivity contribution in [1.82, 2.24) is 0 Å². The molecule has 142 valence electrons. The summed E-state index contributed by atoms with van der Waals surface area (Å²) in [6.45, 7) is 1.84. The number of rotatable bonds is 2. The summed E-state index contributed by atoms with van der Waals surface area (Å²) in [6.07, 6.45) is 6.08. The highest BCUT2D eigenvalue weighted by molar-refractivity contribution is 5.88. The molecule has 2 N–H and O–H groups in total. The SMILES string of the molecule is C[C@@H]1CC(=O)[C@]23CO[C@@H]4O[C@H](c5ccoc5)C[C@@]41[C@H]2CCC[C@]3(O)CO. The lowest BCUT2D eigenvalue weighted by Crippen LogP contribution is -2.74. The van der Waals surface area contributed by atoms with Crippen LogP contribution in [0.25, 0.3) is 0 Å². The first-order valence-electron chi connectivity index (χ1n) is 9.64. The Morgan fingerprint density at radius 2 is 2.23 bits per heavy atom. The van der Waals surface area contributed by atoms with Gasteiger partial charge in [-0.1, -0.05) is 13.3 Å². The lowest BCUT2D eigenvalue weighted by molar-refractivity contribution is -0.319. The van der Waals surface area contributed by atoms with Crippen molar-refractivity contribution in [2.24, 2.45) is 22.7 Å². The van der Waals surface area contributed by atoms with Crippen LogP contribution >= 0.6 is 0 Å². The highest BCUT2D eigenvalue weighted by Gasteiger charge is 2.75. The zero-order valence-electron chi connectivity index (χ0n) is 15.0. The normalized spacial score (nSPS) is 50.3. The molecule has 4 aliphatic rings. The van der Waals surface area contributed by atoms with Crippen LogP contribution in [0.2, 0.25) is 0 Å². The van der Waals surface area contributed by atoms with E-state index < -0.39 is 17.6 Å². The van der Waals surface area contributed by atoms with E-state index in [0.717, 1.165) is 24.8 Å². The smallest absolute Gasteiger partial charge is 0.164 e. The minimum atomic E-state index is -1.40. The van der Waals surface area contributed by atoms with E-state index in [4.69, 9.17) is 13.9 Å². The number of furan rings is 1. The molecule has 0 radical (unpaired) electrons. The molecule has 6 nitrogen and oxygen atoms in total. The van der Waals surface area contributed by atoms with Crippen LogP contribution in [0.4, 0.5) is 0 Å². The van der Waals surface area contributed by atoms with Gasteiger partial charge in [-0.3, -0.25) is 4.79 Å². The van der Waals surface area contributed by atoms with E-state index in [2.05, 4.69) is 6.92 Å². The van der Waals surface area contributed by atoms with Crippen LogP contribution in [0.3, 0.4) is 0 Å². The largest absolute Gasteiger partial charge is 0.472 e. The fourth-order valence-electron chi connectivity index (χ4n) is 6.64. The Labute approximate surface area is 152 Å². The topological polar surface area (TPSA) is 89.1 Å². The van der Waals surface area contributed by atoms with Gasteiger partial charge in [0.05, 0.1) is 37.3 Å². The van der Waals surface area contributed by atoms with Crippen molar-refractivity contribution in [3.63, 3.8) is 0 Å². The fourth-order valence-corrected chi connectivity index (χ4v) is 6.64. The molecule has 0 aromatic carbocycles. The van der Waals surface area contributed by atoms with Gasteiger partial charge in [0.15, 0.2) is 6.29 Å². The number of aliphatic hydroxyl groups is 2. The number of hydrogen-bond acceptors (Lipinski definition) is 6. The molecule has 7 atom stereocenters. The Morgan fingerprint density at radius 1 is 1.38 bits per heavy atom. The van der Waals surface area contributed by atoms with Crippen molar-refractivity contribution in [1.29, 1.82) is 0 Å². The molecule has 2 saturated carbocycles. The highest BCUT2D eigenvalue weighted by atomic mass is 16.7. The third kappa shape index (κ3) is 1.79. The predicted molar refractivity (Wildman–Crippen MR) is 89.9 cm³/mol. The molecule has 3 heterocycles. The van der Waals surface area contributed by atoms with Gasteiger partial charge in [0.25, 0.3) is 0 Å². The minimum absolute atomic E-state index is 0.0344. The second-order valence-electron chi connectivity index (χ2n) is 8.78. The third-order valence-corrected chi connectivity index (χ3v) is 7.97. The van der Waals surface area contributed by atoms with Crippen molar-refractivity contribution < 1.29 is 28.9 Å². The van der Waals surface area contributed by atoms with E-state index in [1.165, 1.54) is 0 Å². The maximum Gasteiger partial charge on any atom is 0.164 e. The molecule has 0 unspecified atom stereocenters. The number of aliphatic hydroxyl groups excluding tert-OH is 1. The molecule has 1 spiro atoms. The molecule has 2 aliphatic carbocycles. The van der Waals surface area contributed by atoms with Crippen LogP contribution in [0.5, 0.6) is 0 Å². The summed E-state index contributed by atoms with van der Waals surface area (Å²) in [6, 6.07) is 1.91. The van der Waals surface area contributed by atoms with E-state index >= 15 is 0 Å². The maximum absolute atomic E-state index is 13.2. The molecule has 26 heavy (non-hydrogen) atoms. The van der Waals surface area contributed by atoms with Crippen LogP contribution in [0.15, 0.2) is 23.0 Å². The Bertz CT molecular complexity index is 716. The van der Waals surface area contributed by atoms with Gasteiger partial charge in [-0.15, -0.1) is 0 Å². The van der Waals surface area contributed by atoms with Gasteiger partial charge in [0, 0.05) is 17.4 Å². The Kier molecular flexibility index (Phi) is 3.52. The van der Waals surface area contributed by atoms with E-state index in [0.29, 0.717) is 12.8 Å². The number of ketones is 1. The highest BCUT2D eigenvalue weighted by Crippen LogP contribution is 2.70. The van der Waals surface area contributed by atoms with Gasteiger partial charge in [0.1, 0.15) is 11.4 Å². The lowest BCUT2D eigenvalue weighted by atomic mass is 9.41. The first kappa shape index (κ1) is 16.9. The van der Waals surface area contributed by atoms with Crippen LogP contribution < -0.4 is 0 Å². The lowest BCUT2D eigenvalue weighted by Gasteiger charge is -2.66. The summed E-state index contributed by atoms with van der Waals surface area (Å²) in [5, 5.41) is 21.3. The molecule has 2 aliphatic heterocycles. The fraction of sp³-hybridized carbons (Fsp3) is 0.750. The van der Waals surface area contributed by atoms with Gasteiger partial charge in [-0.25, -0.2) is 0 Å². The molecule has 4 fully saturated rings. The zero-order valence-corrected chi connectivity index (χ0v) is 15.0. The molecular weight excluding hydrogens is 336 g/mol. The van der Waals surface area contributed by atoms with Crippen LogP contribution in [-0.2, 0) is 14.3 Å². The van der Waals surface area contributed by atoms with E-state index in [1.807, 2.05) is 6.07 Å². The summed E-state index contributed by atoms with van der Waals surface area (Å²) in [7, 11) is 0. The molecule has 6 heteroatoms. The number of carbonyl (C=O) groups excluding carboxylic acids is 1. The monoisotopic (exact) mass is 362 g/mol. The molecular formula is C20H26O6. The summed E-state index contributed by atoms with van der Waals surface area (Å²) in [4.78, 5) is 13.2. The third-order valence-electron chi connectivity index (χ3n) is 7.97. The summed E-state index contributed by atoms with van der Waals surface area (Å²) in [5.41, 5.74) is -1.76. The summed E-state index contributed by atoms with van der Waals surface area (Å²) in [5.74, 6) is 0.117. The van der Waals surface area contributed by atoms with Crippen LogP contribution in [0.1, 0.15) is 50.7 Å². The Balaban J connectivity index is 1.63. The van der Waals surface area contributed by atoms with Gasteiger partial charge in [0.2, 0.25) is 0 Å². The first-order valence-corrected chi connectivity index (χ1v) is 9.64. The minimum Gasteiger partial charge on any atom is -0.472 e. The summed E-state index contributed by atoms with van der Waals surface area (Å²) >= 11 is 0. The molecule has 1 aromatic rings. The summed E-state index contributed by atoms with van der Waals surface area (Å²) < 4.78 is 17.7. The molecule has 0 amide bonds. The number of hydrogen-bond donors (Lipinski definition) is 2. The van der Waals surface area contributed by atoms with Gasteiger partial charge >= 0.3 is 0 Å². The van der Waals surface area contributed by atoms with Gasteiger partial charge in [-0.2, -0.15) is 0 Å². The van der Waals surface area contributed by atoms with Crippen LogP contribution in [-0.4, -0.2) is 41.1 Å². The predicted octanol–water partition coefficient (Wildman–Crippen LogP) is 2.20. The van der Waals surface area contributed by atoms with Crippen molar-refractivity contribution in [2.75, 3.05) is 13.2 Å². The maximum atomic E-state index is 13.2. The van der Waals surface area contributed by atoms with Crippen molar-refractivity contribution in [2.45, 2.75) is 57.0 Å². The second kappa shape index (κ2) is 5.41. The van der Waals surface area contributed by atoms with Crippen molar-refractivity contribution >= 4 is 5.78 Å². The second-order valence-corrected chi connectivity index (χ2v) is 8.78. The van der Waals surface area contributed by atoms with Gasteiger partial charge in [-0.05, 0) is 37.2 Å². The Hall–Kier alpha value is -1.21. The van der Waals surface area contributed by atoms with Crippen LogP contribution in [0, 0.1) is 22.7 Å². The zero-order chi connectivity index (χ0) is 18.2. The average Bonchev–Trinajstić information content (AvgIpc) is 3.28. The van der Waals surface area contributed by atoms with E-state index in [9.17, 15) is 15.0 Å². The van der Waals surface area contributed by atoms with E-state index in [1.54, 1.807) is 12.5 Å². The molecule has 1 aromatic heterocycles. The quantitative estimate of drug-likeness (QED) is 0.838. The number of ether oxygens (including phenoxy) is 2. The molecule has 2 saturated heterocycles. The first-order chi connectivity index (χ1) is 12.5. The molecule has 5 rings (SSSR count). The Morgan fingerprint density at radius 3 is 2.96 bits per heavy atom. The van der Waals surface area contributed by atoms with Crippen molar-refractivity contribution in [3.05, 3.63) is 24.2 Å².